The fourth-order valence-corrected chi connectivity index (χ4v) is 3.14. The van der Waals surface area contributed by atoms with E-state index in [1.807, 2.05) is 6.07 Å². The monoisotopic (exact) mass is 441 g/mol. The Bertz CT molecular complexity index is 837. The number of rotatable bonds is 8. The second-order valence-corrected chi connectivity index (χ2v) is 7.20. The molecule has 0 atom stereocenters. The van der Waals surface area contributed by atoms with Crippen LogP contribution in [-0.2, 0) is 14.4 Å². The Balaban J connectivity index is 1.61. The van der Waals surface area contributed by atoms with Crippen molar-refractivity contribution in [1.29, 1.82) is 0 Å². The lowest BCUT2D eigenvalue weighted by Gasteiger charge is -2.09. The Morgan fingerprint density at radius 3 is 2.39 bits per heavy atom. The molecular formula is C18H17Cl2N3O4S. The van der Waals surface area contributed by atoms with Crippen molar-refractivity contribution in [2.24, 2.45) is 0 Å². The van der Waals surface area contributed by atoms with Gasteiger partial charge in [0.25, 0.3) is 11.8 Å². The molecule has 10 heteroatoms. The molecule has 0 fully saturated rings. The number of thioether (sulfide) groups is 1. The molecule has 0 saturated carbocycles. The fraction of sp³-hybridized carbons (Fsp3) is 0.167. The molecular weight excluding hydrogens is 425 g/mol. The Morgan fingerprint density at radius 1 is 0.929 bits per heavy atom. The molecule has 7 nitrogen and oxygen atoms in total. The Labute approximate surface area is 176 Å². The summed E-state index contributed by atoms with van der Waals surface area (Å²) < 4.78 is 5.25. The smallest absolute Gasteiger partial charge is 0.258 e. The Hall–Kier alpha value is -2.42. The van der Waals surface area contributed by atoms with Gasteiger partial charge < -0.3 is 10.1 Å². The largest absolute Gasteiger partial charge is 0.484 e. The van der Waals surface area contributed by atoms with Crippen LogP contribution in [0.1, 0.15) is 0 Å². The van der Waals surface area contributed by atoms with Gasteiger partial charge in [-0.3, -0.25) is 25.2 Å². The van der Waals surface area contributed by atoms with Crippen LogP contribution < -0.4 is 20.9 Å². The predicted molar refractivity (Wildman–Crippen MR) is 108 cm³/mol. The molecule has 0 radical (unpaired) electrons. The summed E-state index contributed by atoms with van der Waals surface area (Å²) in [4.78, 5) is 35.8. The maximum Gasteiger partial charge on any atom is 0.258 e. The number of carbonyl (C=O) groups is 3. The van der Waals surface area contributed by atoms with Gasteiger partial charge in [0, 0.05) is 9.92 Å². The van der Waals surface area contributed by atoms with E-state index in [1.54, 1.807) is 42.5 Å². The molecule has 148 valence electrons. The van der Waals surface area contributed by atoms with Gasteiger partial charge in [0.15, 0.2) is 6.61 Å². The van der Waals surface area contributed by atoms with Gasteiger partial charge in [-0.25, -0.2) is 0 Å². The summed E-state index contributed by atoms with van der Waals surface area (Å²) in [5, 5.41) is 3.37. The minimum atomic E-state index is -0.577. The maximum absolute atomic E-state index is 11.8. The molecule has 0 bridgehead atoms. The first-order chi connectivity index (χ1) is 13.4. The van der Waals surface area contributed by atoms with Crippen molar-refractivity contribution in [3.8, 4) is 5.75 Å². The third kappa shape index (κ3) is 8.08. The highest BCUT2D eigenvalue weighted by Gasteiger charge is 2.09. The third-order valence-corrected chi connectivity index (χ3v) is 4.88. The molecule has 0 heterocycles. The quantitative estimate of drug-likeness (QED) is 0.431. The number of hydrogen-bond donors (Lipinski definition) is 3. The van der Waals surface area contributed by atoms with Crippen molar-refractivity contribution in [2.45, 2.75) is 4.90 Å². The second-order valence-electron chi connectivity index (χ2n) is 5.34. The van der Waals surface area contributed by atoms with E-state index in [2.05, 4.69) is 16.2 Å². The fourth-order valence-electron chi connectivity index (χ4n) is 1.85. The van der Waals surface area contributed by atoms with Gasteiger partial charge in [-0.2, -0.15) is 0 Å². The van der Waals surface area contributed by atoms with E-state index in [4.69, 9.17) is 27.9 Å². The van der Waals surface area contributed by atoms with Gasteiger partial charge in [-0.15, -0.1) is 11.8 Å². The molecule has 0 saturated heterocycles. The highest BCUT2D eigenvalue weighted by atomic mass is 35.5. The van der Waals surface area contributed by atoms with Crippen molar-refractivity contribution < 1.29 is 19.1 Å². The molecule has 28 heavy (non-hydrogen) atoms. The van der Waals surface area contributed by atoms with E-state index in [-0.39, 0.29) is 18.9 Å². The van der Waals surface area contributed by atoms with Gasteiger partial charge in [0.05, 0.1) is 17.3 Å². The van der Waals surface area contributed by atoms with Crippen LogP contribution >= 0.6 is 35.0 Å². The van der Waals surface area contributed by atoms with Crippen LogP contribution in [0.5, 0.6) is 5.75 Å². The molecule has 2 aromatic rings. The average molecular weight is 442 g/mol. The number of nitrogens with one attached hydrogen (secondary N) is 3. The van der Waals surface area contributed by atoms with Crippen molar-refractivity contribution in [3.05, 3.63) is 58.6 Å². The zero-order valence-electron chi connectivity index (χ0n) is 14.5. The first kappa shape index (κ1) is 21.9. The highest BCUT2D eigenvalue weighted by Crippen LogP contribution is 2.29. The molecule has 0 unspecified atom stereocenters. The lowest BCUT2D eigenvalue weighted by Crippen LogP contribution is -2.47. The maximum atomic E-state index is 11.8. The van der Waals surface area contributed by atoms with Gasteiger partial charge in [-0.1, -0.05) is 41.4 Å². The van der Waals surface area contributed by atoms with Crippen LogP contribution in [0.25, 0.3) is 0 Å². The Kier molecular flexibility index (Phi) is 8.93. The van der Waals surface area contributed by atoms with Gasteiger partial charge >= 0.3 is 0 Å². The minimum absolute atomic E-state index is 0.0254. The average Bonchev–Trinajstić information content (AvgIpc) is 2.70. The summed E-state index contributed by atoms with van der Waals surface area (Å²) in [6.45, 7) is -0.523. The summed E-state index contributed by atoms with van der Waals surface area (Å²) in [5.41, 5.74) is 4.46. The number of ether oxygens (including phenoxy) is 1. The van der Waals surface area contributed by atoms with E-state index in [0.29, 0.717) is 20.7 Å². The first-order valence-electron chi connectivity index (χ1n) is 8.04. The molecule has 3 N–H and O–H groups in total. The van der Waals surface area contributed by atoms with Gasteiger partial charge in [-0.05, 0) is 30.3 Å². The molecule has 0 aliphatic heterocycles. The lowest BCUT2D eigenvalue weighted by atomic mass is 10.3. The highest BCUT2D eigenvalue weighted by molar-refractivity contribution is 8.00. The third-order valence-electron chi connectivity index (χ3n) is 3.15. The summed E-state index contributed by atoms with van der Waals surface area (Å²) in [7, 11) is 0. The summed E-state index contributed by atoms with van der Waals surface area (Å²) in [6.07, 6.45) is 0. The van der Waals surface area contributed by atoms with E-state index >= 15 is 0 Å². The van der Waals surface area contributed by atoms with E-state index in [1.165, 1.54) is 11.8 Å². The van der Waals surface area contributed by atoms with Crippen LogP contribution in [0.2, 0.25) is 10.0 Å². The van der Waals surface area contributed by atoms with E-state index in [9.17, 15) is 14.4 Å². The lowest BCUT2D eigenvalue weighted by molar-refractivity contribution is -0.129. The van der Waals surface area contributed by atoms with Crippen molar-refractivity contribution in [3.63, 3.8) is 0 Å². The Morgan fingerprint density at radius 2 is 1.64 bits per heavy atom. The zero-order chi connectivity index (χ0) is 20.4. The first-order valence-corrected chi connectivity index (χ1v) is 9.78. The number of benzene rings is 2. The summed E-state index contributed by atoms with van der Waals surface area (Å²) in [5.74, 6) is -0.902. The molecule has 0 spiro atoms. The standard InChI is InChI=1S/C18H17Cl2N3O4S/c19-12-6-7-14(20)15(8-12)28-11-18(26)23-22-16(24)9-21-17(25)10-27-13-4-2-1-3-5-13/h1-8H,9-11H2,(H,21,25)(H,22,24)(H,23,26). The summed E-state index contributed by atoms with van der Waals surface area (Å²) in [6, 6.07) is 13.7. The molecule has 0 aromatic heterocycles. The van der Waals surface area contributed by atoms with Crippen LogP contribution in [0.3, 0.4) is 0 Å². The normalized spacial score (nSPS) is 10.1. The van der Waals surface area contributed by atoms with Crippen LogP contribution in [0, 0.1) is 0 Å². The molecule has 2 rings (SSSR count). The number of hydrazine groups is 1. The second kappa shape index (κ2) is 11.4. The van der Waals surface area contributed by atoms with Gasteiger partial charge in [0.2, 0.25) is 5.91 Å². The number of halogens is 2. The van der Waals surface area contributed by atoms with E-state index < -0.39 is 17.7 Å². The number of carbonyl (C=O) groups excluding carboxylic acids is 3. The molecule has 3 amide bonds. The molecule has 0 aliphatic rings. The molecule has 0 aliphatic carbocycles. The van der Waals surface area contributed by atoms with Gasteiger partial charge in [0.1, 0.15) is 5.75 Å². The van der Waals surface area contributed by atoms with Crippen LogP contribution in [0.15, 0.2) is 53.4 Å². The summed E-state index contributed by atoms with van der Waals surface area (Å²) >= 11 is 13.1. The SMILES string of the molecule is O=C(COc1ccccc1)NCC(=O)NNC(=O)CSc1cc(Cl)ccc1Cl. The van der Waals surface area contributed by atoms with Crippen molar-refractivity contribution >= 4 is 52.7 Å². The number of para-hydroxylation sites is 1. The van der Waals surface area contributed by atoms with Crippen LogP contribution in [0.4, 0.5) is 0 Å². The molecule has 2 aromatic carbocycles. The topological polar surface area (TPSA) is 96.5 Å². The van der Waals surface area contributed by atoms with Crippen LogP contribution in [-0.4, -0.2) is 36.6 Å². The zero-order valence-corrected chi connectivity index (χ0v) is 16.9. The van der Waals surface area contributed by atoms with E-state index in [0.717, 1.165) is 0 Å². The minimum Gasteiger partial charge on any atom is -0.484 e. The predicted octanol–water partition coefficient (Wildman–Crippen LogP) is 2.43. The number of amides is 3. The van der Waals surface area contributed by atoms with Crippen molar-refractivity contribution in [1.82, 2.24) is 16.2 Å². The number of hydrogen-bond acceptors (Lipinski definition) is 5. The van der Waals surface area contributed by atoms with Crippen molar-refractivity contribution in [2.75, 3.05) is 18.9 Å².